The fourth-order valence-corrected chi connectivity index (χ4v) is 3.84. The number of nitrogens with one attached hydrogen (secondary N) is 1. The Balaban J connectivity index is 1.53. The highest BCUT2D eigenvalue weighted by Gasteiger charge is 2.27. The molecule has 2 fully saturated rings. The third kappa shape index (κ3) is 5.59. The van der Waals surface area contributed by atoms with Crippen molar-refractivity contribution in [2.75, 3.05) is 46.8 Å². The third-order valence-corrected chi connectivity index (χ3v) is 5.67. The van der Waals surface area contributed by atoms with Gasteiger partial charge in [-0.1, -0.05) is 11.6 Å². The molecule has 1 aliphatic heterocycles. The second kappa shape index (κ2) is 8.38. The quantitative estimate of drug-likeness (QED) is 0.621. The number of piperazine rings is 1. The number of hydrogen-bond donors (Lipinski definition) is 1. The van der Waals surface area contributed by atoms with Gasteiger partial charge >= 0.3 is 0 Å². The lowest BCUT2D eigenvalue weighted by Crippen LogP contribution is -2.52. The lowest BCUT2D eigenvalue weighted by molar-refractivity contribution is -0.127. The van der Waals surface area contributed by atoms with E-state index in [0.717, 1.165) is 43.0 Å². The zero-order valence-corrected chi connectivity index (χ0v) is 16.4. The van der Waals surface area contributed by atoms with Crippen molar-refractivity contribution in [3.05, 3.63) is 21.3 Å². The fraction of sp³-hybridized carbons (Fsp3) is 0.647. The summed E-state index contributed by atoms with van der Waals surface area (Å²) in [4.78, 5) is 24.0. The van der Waals surface area contributed by atoms with Crippen molar-refractivity contribution in [1.82, 2.24) is 20.0 Å². The van der Waals surface area contributed by atoms with Crippen LogP contribution in [0.3, 0.4) is 0 Å². The van der Waals surface area contributed by atoms with Gasteiger partial charge in [-0.05, 0) is 25.0 Å². The summed E-state index contributed by atoms with van der Waals surface area (Å²) in [5.41, 5.74) is 0. The van der Waals surface area contributed by atoms with Crippen LogP contribution in [0.2, 0.25) is 4.34 Å². The Morgan fingerprint density at radius 3 is 2.60 bits per heavy atom. The van der Waals surface area contributed by atoms with Crippen LogP contribution in [0.1, 0.15) is 17.7 Å². The Labute approximate surface area is 158 Å². The number of carbonyl (C=O) groups excluding carboxylic acids is 1. The molecule has 0 aromatic carbocycles. The van der Waals surface area contributed by atoms with Gasteiger partial charge in [0.2, 0.25) is 5.91 Å². The van der Waals surface area contributed by atoms with Crippen molar-refractivity contribution in [3.63, 3.8) is 0 Å². The van der Waals surface area contributed by atoms with Crippen LogP contribution < -0.4 is 5.32 Å². The molecule has 0 atom stereocenters. The molecule has 0 bridgehead atoms. The molecule has 0 unspecified atom stereocenters. The lowest BCUT2D eigenvalue weighted by atomic mass is 10.3. The molecule has 1 saturated carbocycles. The van der Waals surface area contributed by atoms with Gasteiger partial charge in [0.25, 0.3) is 0 Å². The Kier molecular flexibility index (Phi) is 6.19. The first kappa shape index (κ1) is 18.5. The van der Waals surface area contributed by atoms with Gasteiger partial charge in [-0.3, -0.25) is 9.69 Å². The molecule has 1 aromatic rings. The predicted molar refractivity (Wildman–Crippen MR) is 103 cm³/mol. The van der Waals surface area contributed by atoms with Crippen LogP contribution >= 0.6 is 22.9 Å². The monoisotopic (exact) mass is 383 g/mol. The van der Waals surface area contributed by atoms with Crippen molar-refractivity contribution >= 4 is 34.8 Å². The normalized spacial score (nSPS) is 19.2. The van der Waals surface area contributed by atoms with E-state index in [1.807, 2.05) is 6.07 Å². The fourth-order valence-electron chi connectivity index (χ4n) is 2.71. The average molecular weight is 384 g/mol. The number of guanidine groups is 1. The molecule has 1 N–H and O–H groups in total. The summed E-state index contributed by atoms with van der Waals surface area (Å²) in [7, 11) is 3.53. The van der Waals surface area contributed by atoms with Gasteiger partial charge < -0.3 is 15.1 Å². The molecule has 2 heterocycles. The predicted octanol–water partition coefficient (Wildman–Crippen LogP) is 1.72. The number of rotatable bonds is 5. The van der Waals surface area contributed by atoms with Gasteiger partial charge in [0.15, 0.2) is 5.96 Å². The number of halogens is 1. The number of hydrogen-bond acceptors (Lipinski definition) is 4. The van der Waals surface area contributed by atoms with Crippen molar-refractivity contribution < 1.29 is 4.79 Å². The standard InChI is InChI=1S/C17H26ClN5OS/c1-21(2)16(24)11-19-17(20-13-3-4-13)23-9-7-22(8-10-23)12-14-5-6-15(18)25-14/h5-6,13H,3-4,7-12H2,1-2H3,(H,19,20). The third-order valence-electron chi connectivity index (χ3n) is 4.45. The van der Waals surface area contributed by atoms with E-state index in [1.165, 1.54) is 17.7 Å². The molecule has 3 rings (SSSR count). The molecule has 2 aliphatic rings. The van der Waals surface area contributed by atoms with Crippen LogP contribution in [-0.4, -0.2) is 79.4 Å². The van der Waals surface area contributed by atoms with Gasteiger partial charge in [-0.25, -0.2) is 4.99 Å². The Hall–Kier alpha value is -1.31. The second-order valence-electron chi connectivity index (χ2n) is 6.82. The molecule has 8 heteroatoms. The first-order valence-electron chi connectivity index (χ1n) is 8.74. The highest BCUT2D eigenvalue weighted by atomic mass is 35.5. The number of carbonyl (C=O) groups is 1. The topological polar surface area (TPSA) is 51.2 Å². The van der Waals surface area contributed by atoms with Gasteiger partial charge in [0.1, 0.15) is 6.54 Å². The Morgan fingerprint density at radius 2 is 2.04 bits per heavy atom. The van der Waals surface area contributed by atoms with Gasteiger partial charge in [0, 0.05) is 57.7 Å². The average Bonchev–Trinajstić information content (AvgIpc) is 3.32. The SMILES string of the molecule is CN(C)C(=O)CN=C(NC1CC1)N1CCN(Cc2ccc(Cl)s2)CC1. The van der Waals surface area contributed by atoms with E-state index in [-0.39, 0.29) is 12.5 Å². The van der Waals surface area contributed by atoms with Crippen molar-refractivity contribution in [1.29, 1.82) is 0 Å². The maximum Gasteiger partial charge on any atom is 0.243 e. The van der Waals surface area contributed by atoms with Crippen molar-refractivity contribution in [2.45, 2.75) is 25.4 Å². The molecule has 1 aromatic heterocycles. The Bertz CT molecular complexity index is 620. The molecule has 6 nitrogen and oxygen atoms in total. The summed E-state index contributed by atoms with van der Waals surface area (Å²) in [5.74, 6) is 0.917. The molecule has 138 valence electrons. The molecule has 0 spiro atoms. The number of thiophene rings is 1. The lowest BCUT2D eigenvalue weighted by Gasteiger charge is -2.36. The highest BCUT2D eigenvalue weighted by molar-refractivity contribution is 7.16. The number of amides is 1. The van der Waals surface area contributed by atoms with Gasteiger partial charge in [0.05, 0.1) is 4.34 Å². The maximum absolute atomic E-state index is 11.8. The highest BCUT2D eigenvalue weighted by Crippen LogP contribution is 2.23. The molecule has 1 amide bonds. The minimum Gasteiger partial charge on any atom is -0.353 e. The zero-order valence-electron chi connectivity index (χ0n) is 14.9. The zero-order chi connectivity index (χ0) is 17.8. The van der Waals surface area contributed by atoms with Crippen molar-refractivity contribution in [2.24, 2.45) is 4.99 Å². The van der Waals surface area contributed by atoms with E-state index < -0.39 is 0 Å². The van der Waals surface area contributed by atoms with Crippen LogP contribution in [-0.2, 0) is 11.3 Å². The minimum absolute atomic E-state index is 0.0308. The first-order chi connectivity index (χ1) is 12.0. The molecular formula is C17H26ClN5OS. The maximum atomic E-state index is 11.8. The summed E-state index contributed by atoms with van der Waals surface area (Å²) < 4.78 is 0.849. The number of nitrogens with zero attached hydrogens (tertiary/aromatic N) is 4. The van der Waals surface area contributed by atoms with E-state index >= 15 is 0 Å². The number of aliphatic imine (C=N–C) groups is 1. The summed E-state index contributed by atoms with van der Waals surface area (Å²) in [6, 6.07) is 4.59. The molecule has 1 saturated heterocycles. The van der Waals surface area contributed by atoms with E-state index in [0.29, 0.717) is 6.04 Å². The van der Waals surface area contributed by atoms with Gasteiger partial charge in [-0.15, -0.1) is 11.3 Å². The van der Waals surface area contributed by atoms with Crippen LogP contribution in [0.25, 0.3) is 0 Å². The van der Waals surface area contributed by atoms with E-state index in [1.54, 1.807) is 30.3 Å². The summed E-state index contributed by atoms with van der Waals surface area (Å²) in [5, 5.41) is 3.49. The van der Waals surface area contributed by atoms with E-state index in [9.17, 15) is 4.79 Å². The minimum atomic E-state index is 0.0308. The van der Waals surface area contributed by atoms with Crippen molar-refractivity contribution in [3.8, 4) is 0 Å². The first-order valence-corrected chi connectivity index (χ1v) is 9.93. The van der Waals surface area contributed by atoms with E-state index in [4.69, 9.17) is 11.6 Å². The Morgan fingerprint density at radius 1 is 1.32 bits per heavy atom. The van der Waals surface area contributed by atoms with Crippen LogP contribution in [0.5, 0.6) is 0 Å². The van der Waals surface area contributed by atoms with Crippen LogP contribution in [0.15, 0.2) is 17.1 Å². The molecule has 25 heavy (non-hydrogen) atoms. The van der Waals surface area contributed by atoms with E-state index in [2.05, 4.69) is 26.2 Å². The van der Waals surface area contributed by atoms with Gasteiger partial charge in [-0.2, -0.15) is 0 Å². The summed E-state index contributed by atoms with van der Waals surface area (Å²) >= 11 is 7.67. The molecule has 0 radical (unpaired) electrons. The van der Waals surface area contributed by atoms with Crippen LogP contribution in [0, 0.1) is 0 Å². The second-order valence-corrected chi connectivity index (χ2v) is 8.62. The molecule has 1 aliphatic carbocycles. The largest absolute Gasteiger partial charge is 0.353 e. The smallest absolute Gasteiger partial charge is 0.243 e. The molecular weight excluding hydrogens is 358 g/mol. The summed E-state index contributed by atoms with van der Waals surface area (Å²) in [6.45, 7) is 4.98. The summed E-state index contributed by atoms with van der Waals surface area (Å²) in [6.07, 6.45) is 2.39. The number of likely N-dealkylation sites (N-methyl/N-ethyl adjacent to an activating group) is 1. The van der Waals surface area contributed by atoms with Crippen LogP contribution in [0.4, 0.5) is 0 Å².